The van der Waals surface area contributed by atoms with E-state index in [9.17, 15) is 0 Å². The molecule has 0 saturated heterocycles. The van der Waals surface area contributed by atoms with Crippen molar-refractivity contribution in [2.75, 3.05) is 0 Å². The van der Waals surface area contributed by atoms with Gasteiger partial charge in [-0.25, -0.2) is 0 Å². The van der Waals surface area contributed by atoms with E-state index in [-0.39, 0.29) is 0 Å². The van der Waals surface area contributed by atoms with Crippen LogP contribution in [0.3, 0.4) is 0 Å². The Labute approximate surface area is 115 Å². The molecule has 1 N–H and O–H groups in total. The maximum atomic E-state index is 3.55. The number of nitrogens with one attached hydrogen (secondary N) is 1. The first-order valence-corrected chi connectivity index (χ1v) is 7.36. The molecule has 2 aromatic rings. The lowest BCUT2D eigenvalue weighted by molar-refractivity contribution is 0.578. The van der Waals surface area contributed by atoms with Crippen LogP contribution in [0.4, 0.5) is 0 Å². The van der Waals surface area contributed by atoms with E-state index in [1.54, 1.807) is 11.3 Å². The van der Waals surface area contributed by atoms with Crippen LogP contribution in [0.25, 0.3) is 0 Å². The third kappa shape index (κ3) is 3.41. The molecule has 1 heterocycles. The van der Waals surface area contributed by atoms with E-state index >= 15 is 0 Å². The number of rotatable bonds is 4. The Kier molecular flexibility index (Phi) is 4.37. The molecule has 2 rings (SSSR count). The minimum Gasteiger partial charge on any atom is -0.305 e. The van der Waals surface area contributed by atoms with E-state index in [1.165, 1.54) is 20.5 Å². The largest absolute Gasteiger partial charge is 0.305 e. The first-order valence-electron chi connectivity index (χ1n) is 5.68. The second-order valence-electron chi connectivity index (χ2n) is 4.21. The predicted octanol–water partition coefficient (Wildman–Crippen LogP) is 4.67. The highest BCUT2D eigenvalue weighted by molar-refractivity contribution is 9.10. The molecule has 0 aliphatic carbocycles. The minimum atomic E-state index is 0.379. The summed E-state index contributed by atoms with van der Waals surface area (Å²) >= 11 is 5.34. The molecule has 0 saturated carbocycles. The van der Waals surface area contributed by atoms with Crippen LogP contribution in [0, 0.1) is 6.92 Å². The number of hydrogen-bond donors (Lipinski definition) is 1. The molecular formula is C14H16BrNS. The Bertz CT molecular complexity index is 492. The van der Waals surface area contributed by atoms with E-state index in [1.807, 2.05) is 0 Å². The zero-order valence-electron chi connectivity index (χ0n) is 10.0. The van der Waals surface area contributed by atoms with E-state index in [0.29, 0.717) is 6.04 Å². The molecular weight excluding hydrogens is 294 g/mol. The number of halogens is 1. The summed E-state index contributed by atoms with van der Waals surface area (Å²) in [5, 5.41) is 5.66. The smallest absolute Gasteiger partial charge is 0.0327 e. The monoisotopic (exact) mass is 309 g/mol. The van der Waals surface area contributed by atoms with E-state index in [2.05, 4.69) is 70.8 Å². The van der Waals surface area contributed by atoms with Gasteiger partial charge in [-0.2, -0.15) is 0 Å². The third-order valence-corrected chi connectivity index (χ3v) is 4.73. The normalized spacial score (nSPS) is 12.6. The van der Waals surface area contributed by atoms with Crippen molar-refractivity contribution < 1.29 is 0 Å². The molecule has 0 amide bonds. The molecule has 1 atom stereocenters. The predicted molar refractivity (Wildman–Crippen MR) is 78.5 cm³/mol. The molecule has 0 radical (unpaired) electrons. The van der Waals surface area contributed by atoms with Crippen LogP contribution in [0.15, 0.2) is 40.2 Å². The maximum Gasteiger partial charge on any atom is 0.0327 e. The van der Waals surface area contributed by atoms with Crippen LogP contribution in [-0.4, -0.2) is 0 Å². The second-order valence-corrected chi connectivity index (χ2v) is 6.06. The minimum absolute atomic E-state index is 0.379. The molecule has 3 heteroatoms. The molecule has 0 fully saturated rings. The van der Waals surface area contributed by atoms with Crippen molar-refractivity contribution >= 4 is 27.3 Å². The van der Waals surface area contributed by atoms with Gasteiger partial charge in [0.2, 0.25) is 0 Å². The summed E-state index contributed by atoms with van der Waals surface area (Å²) < 4.78 is 1.20. The van der Waals surface area contributed by atoms with Crippen molar-refractivity contribution in [2.24, 2.45) is 0 Å². The van der Waals surface area contributed by atoms with Crippen LogP contribution < -0.4 is 5.32 Å². The van der Waals surface area contributed by atoms with Gasteiger partial charge in [0.25, 0.3) is 0 Å². The van der Waals surface area contributed by atoms with Gasteiger partial charge in [-0.05, 0) is 46.8 Å². The van der Waals surface area contributed by atoms with E-state index < -0.39 is 0 Å². The molecule has 0 spiro atoms. The Morgan fingerprint density at radius 2 is 2.18 bits per heavy atom. The third-order valence-electron chi connectivity index (χ3n) is 2.80. The highest BCUT2D eigenvalue weighted by Gasteiger charge is 2.06. The van der Waals surface area contributed by atoms with Gasteiger partial charge in [0.15, 0.2) is 0 Å². The van der Waals surface area contributed by atoms with Gasteiger partial charge in [-0.3, -0.25) is 0 Å². The fourth-order valence-electron chi connectivity index (χ4n) is 1.75. The van der Waals surface area contributed by atoms with Gasteiger partial charge >= 0.3 is 0 Å². The SMILES string of the molecule is Cc1cccc([C@H](C)NCc2sccc2Br)c1. The van der Waals surface area contributed by atoms with Gasteiger partial charge in [0.1, 0.15) is 0 Å². The number of benzene rings is 1. The Morgan fingerprint density at radius 1 is 1.35 bits per heavy atom. The summed E-state index contributed by atoms with van der Waals surface area (Å²) in [6.45, 7) is 5.25. The maximum absolute atomic E-state index is 3.55. The zero-order valence-corrected chi connectivity index (χ0v) is 12.4. The van der Waals surface area contributed by atoms with Gasteiger partial charge in [0.05, 0.1) is 0 Å². The zero-order chi connectivity index (χ0) is 12.3. The van der Waals surface area contributed by atoms with Crippen molar-refractivity contribution in [3.63, 3.8) is 0 Å². The molecule has 0 aliphatic rings. The van der Waals surface area contributed by atoms with Crippen LogP contribution in [0.2, 0.25) is 0 Å². The second kappa shape index (κ2) is 5.80. The molecule has 0 aliphatic heterocycles. The van der Waals surface area contributed by atoms with Crippen molar-refractivity contribution in [3.05, 3.63) is 56.2 Å². The van der Waals surface area contributed by atoms with Gasteiger partial charge in [-0.15, -0.1) is 11.3 Å². The molecule has 17 heavy (non-hydrogen) atoms. The summed E-state index contributed by atoms with van der Waals surface area (Å²) in [5.74, 6) is 0. The quantitative estimate of drug-likeness (QED) is 0.865. The molecule has 0 unspecified atom stereocenters. The first-order chi connectivity index (χ1) is 8.16. The van der Waals surface area contributed by atoms with Gasteiger partial charge in [-0.1, -0.05) is 29.8 Å². The lowest BCUT2D eigenvalue weighted by Crippen LogP contribution is -2.17. The highest BCUT2D eigenvalue weighted by Crippen LogP contribution is 2.23. The summed E-state index contributed by atoms with van der Waals surface area (Å²) in [4.78, 5) is 1.35. The van der Waals surface area contributed by atoms with Crippen LogP contribution >= 0.6 is 27.3 Å². The Balaban J connectivity index is 1.98. The molecule has 1 aromatic heterocycles. The van der Waals surface area contributed by atoms with Gasteiger partial charge in [0, 0.05) is 21.9 Å². The highest BCUT2D eigenvalue weighted by atomic mass is 79.9. The molecule has 0 bridgehead atoms. The standard InChI is InChI=1S/C14H16BrNS/c1-10-4-3-5-12(8-10)11(2)16-9-14-13(15)6-7-17-14/h3-8,11,16H,9H2,1-2H3/t11-/m0/s1. The lowest BCUT2D eigenvalue weighted by atomic mass is 10.1. The summed E-state index contributed by atoms with van der Waals surface area (Å²) in [5.41, 5.74) is 2.66. The Hall–Kier alpha value is -0.640. The first kappa shape index (κ1) is 12.8. The van der Waals surface area contributed by atoms with Crippen LogP contribution in [0.1, 0.15) is 29.0 Å². The van der Waals surface area contributed by atoms with Crippen molar-refractivity contribution in [3.8, 4) is 0 Å². The fraction of sp³-hybridized carbons (Fsp3) is 0.286. The fourth-order valence-corrected chi connectivity index (χ4v) is 3.20. The van der Waals surface area contributed by atoms with E-state index in [4.69, 9.17) is 0 Å². The summed E-state index contributed by atoms with van der Waals surface area (Å²) in [7, 11) is 0. The van der Waals surface area contributed by atoms with Crippen LogP contribution in [-0.2, 0) is 6.54 Å². The average molecular weight is 310 g/mol. The number of hydrogen-bond acceptors (Lipinski definition) is 2. The molecule has 1 aromatic carbocycles. The van der Waals surface area contributed by atoms with Crippen molar-refractivity contribution in [1.29, 1.82) is 0 Å². The van der Waals surface area contributed by atoms with Crippen molar-refractivity contribution in [2.45, 2.75) is 26.4 Å². The van der Waals surface area contributed by atoms with Crippen molar-refractivity contribution in [1.82, 2.24) is 5.32 Å². The summed E-state index contributed by atoms with van der Waals surface area (Å²) in [6, 6.07) is 11.1. The Morgan fingerprint density at radius 3 is 2.82 bits per heavy atom. The molecule has 1 nitrogen and oxygen atoms in total. The summed E-state index contributed by atoms with van der Waals surface area (Å²) in [6.07, 6.45) is 0. The lowest BCUT2D eigenvalue weighted by Gasteiger charge is -2.14. The average Bonchev–Trinajstić information content (AvgIpc) is 2.72. The van der Waals surface area contributed by atoms with Crippen LogP contribution in [0.5, 0.6) is 0 Å². The number of aryl methyl sites for hydroxylation is 1. The topological polar surface area (TPSA) is 12.0 Å². The molecule has 90 valence electrons. The van der Waals surface area contributed by atoms with Gasteiger partial charge < -0.3 is 5.32 Å². The number of thiophene rings is 1. The van der Waals surface area contributed by atoms with E-state index in [0.717, 1.165) is 6.54 Å².